The van der Waals surface area contributed by atoms with Gasteiger partial charge >= 0.3 is 0 Å². The minimum atomic E-state index is -0.536. The molecule has 11 rings (SSSR count). The molecule has 7 aromatic carbocycles. The zero-order valence-corrected chi connectivity index (χ0v) is 26.5. The number of fused-ring (bicyclic) bond motifs is 9. The van der Waals surface area contributed by atoms with Crippen LogP contribution in [0.1, 0.15) is 11.0 Å². The molecule has 0 saturated carbocycles. The fourth-order valence-corrected chi connectivity index (χ4v) is 7.04. The Bertz CT molecular complexity index is 3540. The second-order valence-corrected chi connectivity index (χ2v) is 12.2. The molecule has 11 aromatic rings. The Kier molecular flexibility index (Phi) is 4.44. The fraction of sp³-hybridized carbons (Fsp3) is 0. The lowest BCUT2D eigenvalue weighted by atomic mass is 10.00. The van der Waals surface area contributed by atoms with Gasteiger partial charge in [-0.05, 0) is 30.3 Å². The molecule has 0 amide bonds. The molecule has 0 radical (unpaired) electrons. The summed E-state index contributed by atoms with van der Waals surface area (Å²) in [5, 5.41) is 3.64. The van der Waals surface area contributed by atoms with Crippen LogP contribution in [0.2, 0.25) is 0 Å². The number of para-hydroxylation sites is 5. The van der Waals surface area contributed by atoms with Crippen molar-refractivity contribution in [3.63, 3.8) is 0 Å². The maximum absolute atomic E-state index is 9.01. The molecule has 0 bridgehead atoms. The molecule has 0 aliphatic heterocycles. The molecule has 0 aliphatic rings. The molecule has 51 heavy (non-hydrogen) atoms. The summed E-state index contributed by atoms with van der Waals surface area (Å²) >= 11 is 0. The van der Waals surface area contributed by atoms with Gasteiger partial charge in [0.05, 0.1) is 22.0 Å². The van der Waals surface area contributed by atoms with E-state index in [0.29, 0.717) is 22.3 Å². The van der Waals surface area contributed by atoms with Crippen LogP contribution in [0.25, 0.3) is 106 Å². The zero-order chi connectivity index (χ0) is 40.4. The van der Waals surface area contributed by atoms with Crippen molar-refractivity contribution in [3.8, 4) is 39.9 Å². The SMILES string of the molecule is [2H]c1c([2H])c([2H])c2c(c1[2H])c1c([2H])c([2H])c([2H])c([2H])c1n2-c1nc(-c2ccccc2)nc(-c2ccc3c(c2)oc2c(-c4cccc5c4oc4ccccc45)cccc23)n1. The molecule has 0 saturated heterocycles. The predicted octanol–water partition coefficient (Wildman–Crippen LogP) is 11.8. The van der Waals surface area contributed by atoms with Crippen molar-refractivity contribution in [1.29, 1.82) is 0 Å². The van der Waals surface area contributed by atoms with Crippen LogP contribution in [0.15, 0.2) is 166 Å². The van der Waals surface area contributed by atoms with Gasteiger partial charge in [0.2, 0.25) is 5.95 Å². The highest BCUT2D eigenvalue weighted by molar-refractivity contribution is 6.15. The second kappa shape index (κ2) is 10.7. The molecule has 238 valence electrons. The quantitative estimate of drug-likeness (QED) is 0.188. The standard InChI is InChI=1S/C45H26N4O2/c1-2-12-27(13-3-1)43-46-44(48-45(47-43)49-37-21-7-4-14-29(37)30-15-5-8-22-38(30)49)28-24-25-32-34-18-11-20-36(42(34)51-40(32)26-28)35-19-10-17-33-31-16-6-9-23-39(31)50-41(33)35/h1-26H/i4D,5D,7D,8D,14D,15D,21D,22D. The van der Waals surface area contributed by atoms with Crippen LogP contribution in [-0.2, 0) is 0 Å². The average Bonchev–Trinajstić information content (AvgIpc) is 3.96. The second-order valence-electron chi connectivity index (χ2n) is 12.2. The number of hydrogen-bond acceptors (Lipinski definition) is 5. The molecular formula is C45H26N4O2. The first-order chi connectivity index (χ1) is 28.6. The molecule has 6 nitrogen and oxygen atoms in total. The van der Waals surface area contributed by atoms with E-state index in [1.54, 1.807) is 0 Å². The van der Waals surface area contributed by atoms with Gasteiger partial charge in [-0.2, -0.15) is 9.97 Å². The van der Waals surface area contributed by atoms with Crippen LogP contribution >= 0.6 is 0 Å². The summed E-state index contributed by atoms with van der Waals surface area (Å²) < 4.78 is 84.1. The molecule has 4 heterocycles. The van der Waals surface area contributed by atoms with E-state index in [-0.39, 0.29) is 39.4 Å². The highest BCUT2D eigenvalue weighted by Crippen LogP contribution is 2.42. The molecule has 0 N–H and O–H groups in total. The smallest absolute Gasteiger partial charge is 0.238 e. The summed E-state index contributed by atoms with van der Waals surface area (Å²) in [6.07, 6.45) is 0. The van der Waals surface area contributed by atoms with Crippen molar-refractivity contribution < 1.29 is 19.8 Å². The van der Waals surface area contributed by atoms with Gasteiger partial charge < -0.3 is 8.83 Å². The number of rotatable bonds is 4. The normalized spacial score (nSPS) is 14.1. The summed E-state index contributed by atoms with van der Waals surface area (Å²) in [6.45, 7) is 0. The number of furan rings is 2. The third-order valence-electron chi connectivity index (χ3n) is 9.34. The van der Waals surface area contributed by atoms with Gasteiger partial charge in [-0.25, -0.2) is 4.98 Å². The van der Waals surface area contributed by atoms with Crippen molar-refractivity contribution >= 4 is 65.7 Å². The van der Waals surface area contributed by atoms with E-state index in [2.05, 4.69) is 0 Å². The molecule has 6 heteroatoms. The van der Waals surface area contributed by atoms with Crippen molar-refractivity contribution in [2.75, 3.05) is 0 Å². The maximum atomic E-state index is 9.01. The van der Waals surface area contributed by atoms with E-state index in [4.69, 9.17) is 34.8 Å². The molecule has 0 unspecified atom stereocenters. The Balaban J connectivity index is 1.17. The minimum absolute atomic E-state index is 0.0703. The molecule has 0 aliphatic carbocycles. The van der Waals surface area contributed by atoms with Crippen LogP contribution in [-0.4, -0.2) is 19.5 Å². The van der Waals surface area contributed by atoms with Gasteiger partial charge in [0.25, 0.3) is 0 Å². The van der Waals surface area contributed by atoms with Gasteiger partial charge in [-0.15, -0.1) is 0 Å². The highest BCUT2D eigenvalue weighted by Gasteiger charge is 2.20. The van der Waals surface area contributed by atoms with Crippen LogP contribution in [0.3, 0.4) is 0 Å². The summed E-state index contributed by atoms with van der Waals surface area (Å²) in [7, 11) is 0. The van der Waals surface area contributed by atoms with Crippen LogP contribution < -0.4 is 0 Å². The van der Waals surface area contributed by atoms with Crippen LogP contribution in [0, 0.1) is 0 Å². The largest absolute Gasteiger partial charge is 0.455 e. The summed E-state index contributed by atoms with van der Waals surface area (Å²) in [5.41, 5.74) is 5.52. The predicted molar refractivity (Wildman–Crippen MR) is 205 cm³/mol. The van der Waals surface area contributed by atoms with Crippen molar-refractivity contribution in [3.05, 3.63) is 158 Å². The van der Waals surface area contributed by atoms with E-state index in [0.717, 1.165) is 43.8 Å². The number of hydrogen-bond donors (Lipinski definition) is 0. The first-order valence-corrected chi connectivity index (χ1v) is 16.3. The van der Waals surface area contributed by atoms with Gasteiger partial charge in [0.1, 0.15) is 22.3 Å². The number of benzene rings is 7. The zero-order valence-electron chi connectivity index (χ0n) is 34.5. The van der Waals surface area contributed by atoms with E-state index in [1.807, 2.05) is 109 Å². The third kappa shape index (κ3) is 4.20. The highest BCUT2D eigenvalue weighted by atomic mass is 16.3. The molecule has 0 spiro atoms. The topological polar surface area (TPSA) is 69.9 Å². The fourth-order valence-electron chi connectivity index (χ4n) is 7.04. The summed E-state index contributed by atoms with van der Waals surface area (Å²) in [5.74, 6) is 0.322. The third-order valence-corrected chi connectivity index (χ3v) is 9.34. The average molecular weight is 663 g/mol. The van der Waals surface area contributed by atoms with E-state index < -0.39 is 48.3 Å². The van der Waals surface area contributed by atoms with Gasteiger partial charge in [0.15, 0.2) is 11.6 Å². The molecule has 0 fully saturated rings. The Morgan fingerprint density at radius 1 is 0.451 bits per heavy atom. The maximum Gasteiger partial charge on any atom is 0.238 e. The van der Waals surface area contributed by atoms with Crippen molar-refractivity contribution in [1.82, 2.24) is 19.5 Å². The lowest BCUT2D eigenvalue weighted by Crippen LogP contribution is -2.06. The van der Waals surface area contributed by atoms with Crippen molar-refractivity contribution in [2.24, 2.45) is 0 Å². The monoisotopic (exact) mass is 662 g/mol. The van der Waals surface area contributed by atoms with Crippen molar-refractivity contribution in [2.45, 2.75) is 0 Å². The molecular weight excluding hydrogens is 629 g/mol. The first kappa shape index (κ1) is 21.1. The van der Waals surface area contributed by atoms with E-state index in [1.165, 1.54) is 4.57 Å². The van der Waals surface area contributed by atoms with Crippen LogP contribution in [0.4, 0.5) is 0 Å². The summed E-state index contributed by atoms with van der Waals surface area (Å²) in [6, 6.07) is 30.9. The minimum Gasteiger partial charge on any atom is -0.455 e. The Morgan fingerprint density at radius 2 is 1.02 bits per heavy atom. The van der Waals surface area contributed by atoms with Crippen LogP contribution in [0.5, 0.6) is 0 Å². The van der Waals surface area contributed by atoms with Gasteiger partial charge in [0, 0.05) is 54.6 Å². The van der Waals surface area contributed by atoms with Gasteiger partial charge in [-0.1, -0.05) is 127 Å². The first-order valence-electron chi connectivity index (χ1n) is 20.3. The lowest BCUT2D eigenvalue weighted by Gasteiger charge is -2.10. The number of nitrogens with zero attached hydrogens (tertiary/aromatic N) is 4. The van der Waals surface area contributed by atoms with Gasteiger partial charge in [-0.3, -0.25) is 4.57 Å². The lowest BCUT2D eigenvalue weighted by molar-refractivity contribution is 0.665. The summed E-state index contributed by atoms with van der Waals surface area (Å²) in [4.78, 5) is 14.6. The number of aromatic nitrogens is 4. The Labute approximate surface area is 302 Å². The molecule has 0 atom stereocenters. The van der Waals surface area contributed by atoms with E-state index >= 15 is 0 Å². The van der Waals surface area contributed by atoms with E-state index in [9.17, 15) is 0 Å². The Hall–Kier alpha value is -7.05. The molecule has 4 aromatic heterocycles. The Morgan fingerprint density at radius 3 is 1.73 bits per heavy atom.